The van der Waals surface area contributed by atoms with Crippen LogP contribution in [0.4, 0.5) is 4.79 Å². The first-order chi connectivity index (χ1) is 8.83. The molecule has 0 atom stereocenters. The molecule has 3 nitrogen and oxygen atoms in total. The van der Waals surface area contributed by atoms with Gasteiger partial charge in [-0.05, 0) is 39.0 Å². The van der Waals surface area contributed by atoms with Gasteiger partial charge in [0.15, 0.2) is 0 Å². The fourth-order valence-corrected chi connectivity index (χ4v) is 2.51. The van der Waals surface area contributed by atoms with Crippen molar-refractivity contribution in [3.63, 3.8) is 0 Å². The molecule has 0 unspecified atom stereocenters. The zero-order valence-electron chi connectivity index (χ0n) is 11.0. The van der Waals surface area contributed by atoms with E-state index in [-0.39, 0.29) is 6.09 Å². The molecule has 0 saturated heterocycles. The lowest BCUT2D eigenvalue weighted by Crippen LogP contribution is -2.27. The number of carbonyl (C=O) groups is 1. The third-order valence-corrected chi connectivity index (χ3v) is 3.49. The Kier molecular flexibility index (Phi) is 3.92. The van der Waals surface area contributed by atoms with E-state index in [2.05, 4.69) is 15.9 Å². The van der Waals surface area contributed by atoms with Crippen molar-refractivity contribution in [3.8, 4) is 0 Å². The lowest BCUT2D eigenvalue weighted by atomic mass is 10.2. The molecule has 1 aromatic heterocycles. The molecular weight excluding hydrogens is 330 g/mol. The minimum atomic E-state index is -0.532. The van der Waals surface area contributed by atoms with Crippen molar-refractivity contribution in [1.82, 2.24) is 4.57 Å². The second-order valence-corrected chi connectivity index (χ2v) is 6.23. The first kappa shape index (κ1) is 14.4. The van der Waals surface area contributed by atoms with E-state index in [0.29, 0.717) is 10.4 Å². The van der Waals surface area contributed by atoms with Gasteiger partial charge in [0, 0.05) is 21.4 Å². The van der Waals surface area contributed by atoms with E-state index in [0.717, 1.165) is 16.6 Å². The number of rotatable bonds is 1. The van der Waals surface area contributed by atoms with Gasteiger partial charge in [-0.2, -0.15) is 0 Å². The molecule has 0 aliphatic heterocycles. The summed E-state index contributed by atoms with van der Waals surface area (Å²) in [5, 5.41) is 2.03. The number of hydrogen-bond acceptors (Lipinski definition) is 2. The van der Waals surface area contributed by atoms with Crippen LogP contribution in [0.15, 0.2) is 24.3 Å². The Hall–Kier alpha value is -1.00. The van der Waals surface area contributed by atoms with Crippen LogP contribution in [0.3, 0.4) is 0 Å². The highest BCUT2D eigenvalue weighted by Crippen LogP contribution is 2.28. The van der Waals surface area contributed by atoms with Crippen molar-refractivity contribution in [3.05, 3.63) is 35.0 Å². The van der Waals surface area contributed by atoms with Crippen molar-refractivity contribution in [2.75, 3.05) is 0 Å². The predicted octanol–water partition coefficient (Wildman–Crippen LogP) is 4.97. The molecule has 0 fully saturated rings. The van der Waals surface area contributed by atoms with Crippen LogP contribution in [0.2, 0.25) is 5.02 Å². The second-order valence-electron chi connectivity index (χ2n) is 5.26. The van der Waals surface area contributed by atoms with E-state index in [1.54, 1.807) is 10.6 Å². The first-order valence-corrected chi connectivity index (χ1v) is 7.41. The van der Waals surface area contributed by atoms with E-state index in [4.69, 9.17) is 16.3 Å². The number of fused-ring (bicyclic) bond motifs is 1. The monoisotopic (exact) mass is 343 g/mol. The molecule has 0 spiro atoms. The van der Waals surface area contributed by atoms with E-state index >= 15 is 0 Å². The van der Waals surface area contributed by atoms with Gasteiger partial charge in [0.1, 0.15) is 5.60 Å². The maximum atomic E-state index is 12.3. The van der Waals surface area contributed by atoms with Crippen molar-refractivity contribution < 1.29 is 9.53 Å². The van der Waals surface area contributed by atoms with E-state index < -0.39 is 5.60 Å². The highest BCUT2D eigenvalue weighted by Gasteiger charge is 2.22. The summed E-state index contributed by atoms with van der Waals surface area (Å²) in [5.41, 5.74) is 1.05. The minimum Gasteiger partial charge on any atom is -0.443 e. The fraction of sp³-hybridized carbons (Fsp3) is 0.357. The van der Waals surface area contributed by atoms with Gasteiger partial charge in [0.05, 0.1) is 5.52 Å². The molecule has 2 aromatic rings. The molecule has 0 aliphatic carbocycles. The van der Waals surface area contributed by atoms with Crippen LogP contribution in [-0.4, -0.2) is 16.3 Å². The van der Waals surface area contributed by atoms with Crippen LogP contribution in [0.5, 0.6) is 0 Å². The van der Waals surface area contributed by atoms with Crippen molar-refractivity contribution in [2.24, 2.45) is 0 Å². The van der Waals surface area contributed by atoms with Gasteiger partial charge in [-0.25, -0.2) is 9.36 Å². The molecule has 0 radical (unpaired) electrons. The molecule has 0 N–H and O–H groups in total. The van der Waals surface area contributed by atoms with Crippen LogP contribution in [0.25, 0.3) is 10.9 Å². The van der Waals surface area contributed by atoms with Gasteiger partial charge >= 0.3 is 6.09 Å². The number of ether oxygens (including phenoxy) is 1. The zero-order valence-corrected chi connectivity index (χ0v) is 13.4. The van der Waals surface area contributed by atoms with Crippen LogP contribution < -0.4 is 0 Å². The molecule has 0 amide bonds. The van der Waals surface area contributed by atoms with Crippen molar-refractivity contribution in [2.45, 2.75) is 31.7 Å². The number of aromatic nitrogens is 1. The van der Waals surface area contributed by atoms with Crippen LogP contribution in [-0.2, 0) is 10.1 Å². The first-order valence-electron chi connectivity index (χ1n) is 5.91. The molecule has 0 aliphatic rings. The van der Waals surface area contributed by atoms with Crippen LogP contribution >= 0.6 is 27.5 Å². The Labute approximate surface area is 125 Å². The van der Waals surface area contributed by atoms with Gasteiger partial charge in [-0.3, -0.25) is 0 Å². The van der Waals surface area contributed by atoms with Gasteiger partial charge < -0.3 is 4.74 Å². The molecule has 19 heavy (non-hydrogen) atoms. The molecule has 2 rings (SSSR count). The van der Waals surface area contributed by atoms with Crippen molar-refractivity contribution >= 4 is 44.5 Å². The van der Waals surface area contributed by atoms with Crippen molar-refractivity contribution in [1.29, 1.82) is 0 Å². The normalized spacial score (nSPS) is 11.8. The zero-order chi connectivity index (χ0) is 14.2. The molecule has 0 bridgehead atoms. The number of carbonyl (C=O) groups excluding carboxylic acids is 1. The van der Waals surface area contributed by atoms with E-state index in [9.17, 15) is 4.79 Å². The standard InChI is InChI=1S/C14H15BrClNO2/c1-14(2,3)19-13(18)17-9(8-15)7-10-11(16)5-4-6-12(10)17/h4-7H,8H2,1-3H3. The number of nitrogens with zero attached hydrogens (tertiary/aromatic N) is 1. The third kappa shape index (κ3) is 2.95. The summed E-state index contributed by atoms with van der Waals surface area (Å²) in [6, 6.07) is 7.39. The highest BCUT2D eigenvalue weighted by molar-refractivity contribution is 9.08. The summed E-state index contributed by atoms with van der Waals surface area (Å²) >= 11 is 9.54. The molecule has 1 heterocycles. The molecule has 1 aromatic carbocycles. The Balaban J connectivity index is 2.58. The summed E-state index contributed by atoms with van der Waals surface area (Å²) in [6.07, 6.45) is -0.390. The average molecular weight is 345 g/mol. The van der Waals surface area contributed by atoms with Gasteiger partial charge in [-0.15, -0.1) is 0 Å². The maximum Gasteiger partial charge on any atom is 0.419 e. The van der Waals surface area contributed by atoms with E-state index in [1.807, 2.05) is 39.0 Å². The smallest absolute Gasteiger partial charge is 0.419 e. The Bertz CT molecular complexity index is 628. The fourth-order valence-electron chi connectivity index (χ4n) is 1.87. The lowest BCUT2D eigenvalue weighted by Gasteiger charge is -2.20. The largest absolute Gasteiger partial charge is 0.443 e. The van der Waals surface area contributed by atoms with E-state index in [1.165, 1.54) is 0 Å². The number of hydrogen-bond donors (Lipinski definition) is 0. The number of halogens is 2. The molecule has 0 saturated carbocycles. The van der Waals surface area contributed by atoms with Gasteiger partial charge in [0.25, 0.3) is 0 Å². The van der Waals surface area contributed by atoms with Crippen LogP contribution in [0.1, 0.15) is 26.5 Å². The summed E-state index contributed by atoms with van der Waals surface area (Å²) in [7, 11) is 0. The molecule has 5 heteroatoms. The summed E-state index contributed by atoms with van der Waals surface area (Å²) in [4.78, 5) is 12.3. The Morgan fingerprint density at radius 2 is 2.11 bits per heavy atom. The Morgan fingerprint density at radius 3 is 2.68 bits per heavy atom. The summed E-state index contributed by atoms with van der Waals surface area (Å²) < 4.78 is 6.99. The van der Waals surface area contributed by atoms with Gasteiger partial charge in [-0.1, -0.05) is 33.6 Å². The maximum absolute atomic E-state index is 12.3. The summed E-state index contributed by atoms with van der Waals surface area (Å²) in [5.74, 6) is 0. The SMILES string of the molecule is CC(C)(C)OC(=O)n1c(CBr)cc2c(Cl)cccc21. The predicted molar refractivity (Wildman–Crippen MR) is 81.2 cm³/mol. The quantitative estimate of drug-likeness (QED) is 0.684. The highest BCUT2D eigenvalue weighted by atomic mass is 79.9. The summed E-state index contributed by atoms with van der Waals surface area (Å²) in [6.45, 7) is 5.53. The van der Waals surface area contributed by atoms with Crippen LogP contribution in [0, 0.1) is 0 Å². The minimum absolute atomic E-state index is 0.390. The average Bonchev–Trinajstić information content (AvgIpc) is 2.66. The number of alkyl halides is 1. The Morgan fingerprint density at radius 1 is 1.42 bits per heavy atom. The molecule has 102 valence electrons. The van der Waals surface area contributed by atoms with Gasteiger partial charge in [0.2, 0.25) is 0 Å². The molecular formula is C14H15BrClNO2. The lowest BCUT2D eigenvalue weighted by molar-refractivity contribution is 0.0541. The number of benzene rings is 1. The topological polar surface area (TPSA) is 31.2 Å². The third-order valence-electron chi connectivity index (χ3n) is 2.58. The second kappa shape index (κ2) is 5.17.